The van der Waals surface area contributed by atoms with Gasteiger partial charge in [0.05, 0.1) is 19.8 Å². The fourth-order valence-corrected chi connectivity index (χ4v) is 2.94. The number of hydrogen-bond donors (Lipinski definition) is 2. The molecule has 2 aromatic rings. The van der Waals surface area contributed by atoms with Gasteiger partial charge in [0, 0.05) is 22.3 Å². The first kappa shape index (κ1) is 18.1. The summed E-state index contributed by atoms with van der Waals surface area (Å²) in [5, 5.41) is 2.83. The maximum Gasteiger partial charge on any atom is 0.339 e. The van der Waals surface area contributed by atoms with Crippen molar-refractivity contribution in [2.24, 2.45) is 0 Å². The number of halogens is 1. The first-order valence-electron chi connectivity index (χ1n) is 7.27. The second-order valence-corrected chi connectivity index (χ2v) is 6.17. The van der Waals surface area contributed by atoms with Gasteiger partial charge in [-0.25, -0.2) is 4.79 Å². The Morgan fingerprint density at radius 3 is 2.58 bits per heavy atom. The van der Waals surface area contributed by atoms with Crippen molar-refractivity contribution < 1.29 is 19.1 Å². The maximum atomic E-state index is 12.5. The number of nitrogens with one attached hydrogen (secondary N) is 2. The molecular formula is C17H19BrN2O4. The van der Waals surface area contributed by atoms with Crippen molar-refractivity contribution in [3.05, 3.63) is 50.8 Å². The molecule has 0 aliphatic rings. The van der Waals surface area contributed by atoms with Crippen molar-refractivity contribution in [2.75, 3.05) is 14.2 Å². The number of methoxy groups -OCH3 is 2. The third-order valence-electron chi connectivity index (χ3n) is 3.74. The molecule has 2 rings (SSSR count). The van der Waals surface area contributed by atoms with Gasteiger partial charge in [-0.2, -0.15) is 0 Å². The van der Waals surface area contributed by atoms with E-state index in [2.05, 4.69) is 26.2 Å². The Hall–Kier alpha value is -2.28. The molecule has 24 heavy (non-hydrogen) atoms. The summed E-state index contributed by atoms with van der Waals surface area (Å²) in [5.74, 6) is -0.0742. The number of H-pyrrole nitrogens is 1. The highest BCUT2D eigenvalue weighted by atomic mass is 79.9. The second-order valence-electron chi connectivity index (χ2n) is 5.26. The lowest BCUT2D eigenvalue weighted by molar-refractivity contribution is 0.0599. The monoisotopic (exact) mass is 394 g/mol. The molecule has 1 aromatic heterocycles. The number of aromatic amines is 1. The standard InChI is InChI=1S/C17H19BrN2O4/c1-9-14(17(22)24-4)10(2)20-15(9)16(21)19-8-11-7-12(18)5-6-13(11)23-3/h5-7,20H,8H2,1-4H3,(H,19,21). The summed E-state index contributed by atoms with van der Waals surface area (Å²) in [6.07, 6.45) is 0. The molecule has 1 heterocycles. The van der Waals surface area contributed by atoms with Crippen molar-refractivity contribution in [1.82, 2.24) is 10.3 Å². The molecule has 2 N–H and O–H groups in total. The lowest BCUT2D eigenvalue weighted by atomic mass is 10.1. The van der Waals surface area contributed by atoms with E-state index in [1.807, 2.05) is 18.2 Å². The molecule has 0 saturated heterocycles. The Morgan fingerprint density at radius 1 is 1.25 bits per heavy atom. The lowest BCUT2D eigenvalue weighted by Crippen LogP contribution is -2.24. The summed E-state index contributed by atoms with van der Waals surface area (Å²) >= 11 is 3.40. The van der Waals surface area contributed by atoms with Crippen molar-refractivity contribution >= 4 is 27.8 Å². The molecule has 0 spiro atoms. The van der Waals surface area contributed by atoms with Crippen molar-refractivity contribution in [1.29, 1.82) is 0 Å². The molecule has 7 heteroatoms. The van der Waals surface area contributed by atoms with Crippen LogP contribution in [-0.4, -0.2) is 31.1 Å². The summed E-state index contributed by atoms with van der Waals surface area (Å²) in [6.45, 7) is 3.74. The van der Waals surface area contributed by atoms with Crippen LogP contribution in [-0.2, 0) is 11.3 Å². The molecule has 0 aliphatic carbocycles. The third-order valence-corrected chi connectivity index (χ3v) is 4.23. The van der Waals surface area contributed by atoms with Gasteiger partial charge in [-0.05, 0) is 37.6 Å². The smallest absolute Gasteiger partial charge is 0.339 e. The minimum absolute atomic E-state index is 0.298. The largest absolute Gasteiger partial charge is 0.496 e. The summed E-state index contributed by atoms with van der Waals surface area (Å²) in [7, 11) is 2.89. The first-order valence-corrected chi connectivity index (χ1v) is 8.06. The molecule has 1 amide bonds. The minimum Gasteiger partial charge on any atom is -0.496 e. The number of hydrogen-bond acceptors (Lipinski definition) is 4. The molecule has 128 valence electrons. The van der Waals surface area contributed by atoms with Crippen LogP contribution in [0.25, 0.3) is 0 Å². The normalized spacial score (nSPS) is 10.4. The van der Waals surface area contributed by atoms with E-state index in [0.717, 1.165) is 10.0 Å². The van der Waals surface area contributed by atoms with E-state index in [-0.39, 0.29) is 5.91 Å². The third kappa shape index (κ3) is 3.62. The predicted molar refractivity (Wildman–Crippen MR) is 93.5 cm³/mol. The molecule has 0 fully saturated rings. The van der Waals surface area contributed by atoms with E-state index in [4.69, 9.17) is 9.47 Å². The van der Waals surface area contributed by atoms with E-state index in [9.17, 15) is 9.59 Å². The number of amides is 1. The molecule has 0 radical (unpaired) electrons. The Labute approximate surface area is 148 Å². The summed E-state index contributed by atoms with van der Waals surface area (Å²) < 4.78 is 10.9. The second kappa shape index (κ2) is 7.53. The molecule has 0 aliphatic heterocycles. The Balaban J connectivity index is 2.20. The highest BCUT2D eigenvalue weighted by molar-refractivity contribution is 9.10. The van der Waals surface area contributed by atoms with Gasteiger partial charge >= 0.3 is 5.97 Å². The highest BCUT2D eigenvalue weighted by Gasteiger charge is 2.22. The van der Waals surface area contributed by atoms with Gasteiger partial charge in [-0.1, -0.05) is 15.9 Å². The van der Waals surface area contributed by atoms with Crippen LogP contribution in [0.15, 0.2) is 22.7 Å². The zero-order chi connectivity index (χ0) is 17.9. The van der Waals surface area contributed by atoms with Crippen LogP contribution in [0.5, 0.6) is 5.75 Å². The Morgan fingerprint density at radius 2 is 1.96 bits per heavy atom. The lowest BCUT2D eigenvalue weighted by Gasteiger charge is -2.10. The number of benzene rings is 1. The van der Waals surface area contributed by atoms with Crippen LogP contribution in [0.1, 0.15) is 37.7 Å². The topological polar surface area (TPSA) is 80.4 Å². The maximum absolute atomic E-state index is 12.5. The van der Waals surface area contributed by atoms with E-state index < -0.39 is 5.97 Å². The van der Waals surface area contributed by atoms with Crippen LogP contribution in [0, 0.1) is 13.8 Å². The number of esters is 1. The number of ether oxygens (including phenoxy) is 2. The van der Waals surface area contributed by atoms with Gasteiger partial charge in [0.2, 0.25) is 0 Å². The highest BCUT2D eigenvalue weighted by Crippen LogP contribution is 2.23. The van der Waals surface area contributed by atoms with Gasteiger partial charge < -0.3 is 19.8 Å². The fraction of sp³-hybridized carbons (Fsp3) is 0.294. The first-order chi connectivity index (χ1) is 11.4. The van der Waals surface area contributed by atoms with E-state index in [1.165, 1.54) is 7.11 Å². The quantitative estimate of drug-likeness (QED) is 0.763. The van der Waals surface area contributed by atoms with Crippen molar-refractivity contribution in [2.45, 2.75) is 20.4 Å². The average molecular weight is 395 g/mol. The minimum atomic E-state index is -0.464. The Bertz CT molecular complexity index is 783. The van der Waals surface area contributed by atoms with Crippen LogP contribution in [0.3, 0.4) is 0 Å². The molecule has 0 atom stereocenters. The van der Waals surface area contributed by atoms with Gasteiger partial charge in [0.15, 0.2) is 0 Å². The average Bonchev–Trinajstić information content (AvgIpc) is 2.86. The summed E-state index contributed by atoms with van der Waals surface area (Å²) in [4.78, 5) is 27.2. The van der Waals surface area contributed by atoms with E-state index >= 15 is 0 Å². The van der Waals surface area contributed by atoms with Crippen LogP contribution < -0.4 is 10.1 Å². The zero-order valence-corrected chi connectivity index (χ0v) is 15.5. The molecule has 0 bridgehead atoms. The van der Waals surface area contributed by atoms with Gasteiger partial charge in [0.25, 0.3) is 5.91 Å². The van der Waals surface area contributed by atoms with Crippen LogP contribution in [0.2, 0.25) is 0 Å². The molecule has 1 aromatic carbocycles. The Kier molecular flexibility index (Phi) is 5.66. The van der Waals surface area contributed by atoms with E-state index in [1.54, 1.807) is 21.0 Å². The van der Waals surface area contributed by atoms with Crippen molar-refractivity contribution in [3.63, 3.8) is 0 Å². The number of carbonyl (C=O) groups excluding carboxylic acids is 2. The molecule has 6 nitrogen and oxygen atoms in total. The zero-order valence-electron chi connectivity index (χ0n) is 14.0. The molecule has 0 saturated carbocycles. The van der Waals surface area contributed by atoms with Gasteiger partial charge in [-0.15, -0.1) is 0 Å². The summed E-state index contributed by atoms with van der Waals surface area (Å²) in [5.41, 5.74) is 2.75. The molecule has 0 unspecified atom stereocenters. The van der Waals surface area contributed by atoms with Gasteiger partial charge in [-0.3, -0.25) is 4.79 Å². The van der Waals surface area contributed by atoms with Crippen LogP contribution >= 0.6 is 15.9 Å². The number of rotatable bonds is 5. The SMILES string of the molecule is COC(=O)c1c(C)[nH]c(C(=O)NCc2cc(Br)ccc2OC)c1C. The fourth-order valence-electron chi connectivity index (χ4n) is 2.53. The molecular weight excluding hydrogens is 376 g/mol. The van der Waals surface area contributed by atoms with Gasteiger partial charge in [0.1, 0.15) is 11.4 Å². The number of aromatic nitrogens is 1. The number of carbonyl (C=O) groups is 2. The summed E-state index contributed by atoms with van der Waals surface area (Å²) in [6, 6.07) is 5.57. The van der Waals surface area contributed by atoms with Crippen LogP contribution in [0.4, 0.5) is 0 Å². The number of aryl methyl sites for hydroxylation is 1. The van der Waals surface area contributed by atoms with E-state index in [0.29, 0.717) is 34.8 Å². The van der Waals surface area contributed by atoms with Crippen molar-refractivity contribution in [3.8, 4) is 5.75 Å². The predicted octanol–water partition coefficient (Wildman–Crippen LogP) is 3.12.